The van der Waals surface area contributed by atoms with Crippen molar-refractivity contribution in [2.24, 2.45) is 15.7 Å². The number of nitrogens with two attached hydrogens (primary N) is 1. The lowest BCUT2D eigenvalue weighted by molar-refractivity contribution is 0.966. The normalized spacial score (nSPS) is 21.9. The van der Waals surface area contributed by atoms with Gasteiger partial charge in [0, 0.05) is 4.83 Å². The molecule has 3 nitrogen and oxygen atoms in total. The number of hydrogen-bond donors (Lipinski definition) is 1. The van der Waals surface area contributed by atoms with Crippen LogP contribution in [0.15, 0.2) is 45.2 Å². The van der Waals surface area contributed by atoms with Crippen LogP contribution in [0, 0.1) is 0 Å². The fourth-order valence-electron chi connectivity index (χ4n) is 1.51. The Hall–Kier alpha value is -0.810. The highest BCUT2D eigenvalue weighted by Gasteiger charge is 2.12. The van der Waals surface area contributed by atoms with Crippen molar-refractivity contribution < 1.29 is 0 Å². The molecule has 1 aliphatic carbocycles. The van der Waals surface area contributed by atoms with Crippen molar-refractivity contribution in [2.45, 2.75) is 18.2 Å². The highest BCUT2D eigenvalue weighted by Crippen LogP contribution is 2.26. The first-order valence-corrected chi connectivity index (χ1v) is 7.29. The summed E-state index contributed by atoms with van der Waals surface area (Å²) in [5, 5.41) is 0.615. The largest absolute Gasteiger partial charge is 0.397 e. The predicted octanol–water partition coefficient (Wildman–Crippen LogP) is 3.25. The average Bonchev–Trinajstić information content (AvgIpc) is 2.30. The lowest BCUT2D eigenvalue weighted by Gasteiger charge is -2.16. The molecule has 0 bridgehead atoms. The zero-order valence-electron chi connectivity index (χ0n) is 9.98. The molecule has 0 radical (unpaired) electrons. The number of halogens is 1. The number of allylic oxidation sites excluding steroid dienone is 3. The molecule has 2 N–H and O–H groups in total. The van der Waals surface area contributed by atoms with E-state index in [-0.39, 0.29) is 0 Å². The maximum atomic E-state index is 6.00. The summed E-state index contributed by atoms with van der Waals surface area (Å²) in [5.41, 5.74) is 8.97. The average molecular weight is 314 g/mol. The second-order valence-electron chi connectivity index (χ2n) is 3.63. The summed E-state index contributed by atoms with van der Waals surface area (Å²) in [5.74, 6) is 0. The van der Waals surface area contributed by atoms with Crippen molar-refractivity contribution in [2.75, 3.05) is 6.26 Å². The molecule has 0 saturated heterocycles. The van der Waals surface area contributed by atoms with Crippen molar-refractivity contribution in [3.05, 3.63) is 35.2 Å². The Labute approximate surface area is 115 Å². The van der Waals surface area contributed by atoms with Gasteiger partial charge >= 0.3 is 0 Å². The van der Waals surface area contributed by atoms with E-state index in [1.54, 1.807) is 6.20 Å². The molecule has 1 aliphatic rings. The summed E-state index contributed by atoms with van der Waals surface area (Å²) in [6.07, 6.45) is 8.63. The Morgan fingerprint density at radius 1 is 1.71 bits per heavy atom. The molecule has 17 heavy (non-hydrogen) atoms. The van der Waals surface area contributed by atoms with Gasteiger partial charge in [-0.15, -0.1) is 0 Å². The van der Waals surface area contributed by atoms with Crippen LogP contribution in [0.3, 0.4) is 0 Å². The summed E-state index contributed by atoms with van der Waals surface area (Å²) in [6.45, 7) is 5.53. The Bertz CT molecular complexity index is 421. The number of alkyl halides is 1. The Morgan fingerprint density at radius 2 is 2.41 bits per heavy atom. The molecule has 0 aliphatic heterocycles. The van der Waals surface area contributed by atoms with Crippen LogP contribution in [0.5, 0.6) is 0 Å². The van der Waals surface area contributed by atoms with Gasteiger partial charge in [-0.1, -0.05) is 45.4 Å². The summed E-state index contributed by atoms with van der Waals surface area (Å²) in [6, 6.07) is 0. The van der Waals surface area contributed by atoms with Gasteiger partial charge in [0.25, 0.3) is 0 Å². The molecule has 5 heteroatoms. The van der Waals surface area contributed by atoms with E-state index in [4.69, 9.17) is 5.73 Å². The first-order valence-electron chi connectivity index (χ1n) is 5.15. The minimum absolute atomic E-state index is 0.402. The topological polar surface area (TPSA) is 50.7 Å². The summed E-state index contributed by atoms with van der Waals surface area (Å²) in [4.78, 5) is 8.35. The van der Waals surface area contributed by atoms with Gasteiger partial charge in [-0.3, -0.25) is 0 Å². The molecular weight excluding hydrogens is 298 g/mol. The molecule has 0 spiro atoms. The van der Waals surface area contributed by atoms with Gasteiger partial charge in [0.1, 0.15) is 0 Å². The van der Waals surface area contributed by atoms with Crippen LogP contribution >= 0.6 is 27.7 Å². The zero-order valence-corrected chi connectivity index (χ0v) is 12.4. The smallest absolute Gasteiger partial charge is 0.186 e. The van der Waals surface area contributed by atoms with Gasteiger partial charge in [0.15, 0.2) is 5.17 Å². The van der Waals surface area contributed by atoms with E-state index in [2.05, 4.69) is 45.6 Å². The van der Waals surface area contributed by atoms with Crippen LogP contribution in [0.1, 0.15) is 13.3 Å². The lowest BCUT2D eigenvalue weighted by atomic mass is 9.97. The van der Waals surface area contributed by atoms with E-state index in [1.165, 1.54) is 17.3 Å². The number of hydrogen-bond acceptors (Lipinski definition) is 3. The number of nitrogens with zero attached hydrogens (tertiary/aromatic N) is 2. The standard InChI is InChI=1S/C12H16BrN3S/c1-8-6-9(13)4-5-10(8)11(14)7-16-12(15-2)17-3/h4-5,7,9H,2,6,14H2,1,3H3/b11-7-,16-12+. The Balaban J connectivity index is 2.91. The van der Waals surface area contributed by atoms with E-state index < -0.39 is 0 Å². The van der Waals surface area contributed by atoms with E-state index >= 15 is 0 Å². The quantitative estimate of drug-likeness (QED) is 0.483. The van der Waals surface area contributed by atoms with E-state index in [0.717, 1.165) is 12.0 Å². The van der Waals surface area contributed by atoms with Crippen LogP contribution < -0.4 is 5.73 Å². The minimum atomic E-state index is 0.402. The van der Waals surface area contributed by atoms with Gasteiger partial charge in [0.05, 0.1) is 11.9 Å². The van der Waals surface area contributed by atoms with Crippen LogP contribution in [-0.4, -0.2) is 23.0 Å². The zero-order chi connectivity index (χ0) is 12.8. The van der Waals surface area contributed by atoms with Gasteiger partial charge in [-0.25, -0.2) is 9.98 Å². The van der Waals surface area contributed by atoms with Crippen LogP contribution in [0.2, 0.25) is 0 Å². The SMILES string of the molecule is C=N/C(=N\C=C(/N)C1=C(C)CC(Br)C=C1)SC. The van der Waals surface area contributed by atoms with E-state index in [0.29, 0.717) is 15.7 Å². The first-order chi connectivity index (χ1) is 8.08. The fourth-order valence-corrected chi connectivity index (χ4v) is 2.43. The van der Waals surface area contributed by atoms with Crippen molar-refractivity contribution >= 4 is 39.6 Å². The molecule has 0 heterocycles. The third-order valence-electron chi connectivity index (χ3n) is 2.38. The van der Waals surface area contributed by atoms with Crippen molar-refractivity contribution in [3.63, 3.8) is 0 Å². The van der Waals surface area contributed by atoms with Crippen LogP contribution in [0.4, 0.5) is 0 Å². The van der Waals surface area contributed by atoms with E-state index in [9.17, 15) is 0 Å². The van der Waals surface area contributed by atoms with Gasteiger partial charge < -0.3 is 5.73 Å². The third kappa shape index (κ3) is 4.16. The van der Waals surface area contributed by atoms with Crippen LogP contribution in [-0.2, 0) is 0 Å². The number of rotatable bonds is 2. The second kappa shape index (κ2) is 6.81. The van der Waals surface area contributed by atoms with E-state index in [1.807, 2.05) is 12.3 Å². The molecule has 1 unspecified atom stereocenters. The van der Waals surface area contributed by atoms with Crippen molar-refractivity contribution in [3.8, 4) is 0 Å². The number of aliphatic imine (C=N–C) groups is 2. The Morgan fingerprint density at radius 3 is 2.94 bits per heavy atom. The summed E-state index contributed by atoms with van der Waals surface area (Å²) < 4.78 is 0. The van der Waals surface area contributed by atoms with Gasteiger partial charge in [0.2, 0.25) is 0 Å². The molecular formula is C12H16BrN3S. The lowest BCUT2D eigenvalue weighted by Crippen LogP contribution is -2.08. The second-order valence-corrected chi connectivity index (χ2v) is 5.58. The maximum Gasteiger partial charge on any atom is 0.186 e. The minimum Gasteiger partial charge on any atom is -0.397 e. The van der Waals surface area contributed by atoms with Crippen LogP contribution in [0.25, 0.3) is 0 Å². The third-order valence-corrected chi connectivity index (χ3v) is 3.60. The Kier molecular flexibility index (Phi) is 5.71. The fraction of sp³-hybridized carbons (Fsp3) is 0.333. The predicted molar refractivity (Wildman–Crippen MR) is 81.9 cm³/mol. The highest BCUT2D eigenvalue weighted by molar-refractivity contribution is 9.09. The molecule has 1 rings (SSSR count). The molecule has 0 amide bonds. The maximum absolute atomic E-state index is 6.00. The molecule has 0 fully saturated rings. The molecule has 92 valence electrons. The summed E-state index contributed by atoms with van der Waals surface area (Å²) in [7, 11) is 0. The van der Waals surface area contributed by atoms with Gasteiger partial charge in [-0.05, 0) is 31.9 Å². The summed E-state index contributed by atoms with van der Waals surface area (Å²) >= 11 is 4.99. The molecule has 0 aromatic rings. The molecule has 0 aromatic heterocycles. The number of thioether (sulfide) groups is 1. The van der Waals surface area contributed by atoms with Crippen molar-refractivity contribution in [1.82, 2.24) is 0 Å². The molecule has 0 saturated carbocycles. The monoisotopic (exact) mass is 313 g/mol. The molecule has 0 aromatic carbocycles. The van der Waals surface area contributed by atoms with Crippen molar-refractivity contribution in [1.29, 1.82) is 0 Å². The number of amidine groups is 1. The molecule has 1 atom stereocenters. The first kappa shape index (κ1) is 14.3. The van der Waals surface area contributed by atoms with Gasteiger partial charge in [-0.2, -0.15) is 0 Å². The highest BCUT2D eigenvalue weighted by atomic mass is 79.9.